The maximum Gasteiger partial charge on any atom is 0.111 e. The number of nitrogens with one attached hydrogen (secondary N) is 1. The van der Waals surface area contributed by atoms with Gasteiger partial charge in [-0.05, 0) is 68.7 Å². The van der Waals surface area contributed by atoms with Crippen molar-refractivity contribution >= 4 is 0 Å². The van der Waals surface area contributed by atoms with Crippen LogP contribution in [-0.2, 0) is 16.0 Å². The molecule has 0 radical (unpaired) electrons. The van der Waals surface area contributed by atoms with Crippen molar-refractivity contribution in [2.24, 2.45) is 11.3 Å². The van der Waals surface area contributed by atoms with Crippen LogP contribution < -0.4 is 5.32 Å². The van der Waals surface area contributed by atoms with Gasteiger partial charge < -0.3 is 14.8 Å². The third-order valence-electron chi connectivity index (χ3n) is 8.84. The highest BCUT2D eigenvalue weighted by Gasteiger charge is 2.56. The number of nitrogens with zero attached hydrogens (tertiary/aromatic N) is 1. The van der Waals surface area contributed by atoms with Crippen molar-refractivity contribution in [3.8, 4) is 0 Å². The monoisotopic (exact) mass is 448 g/mol. The standard InChI is InChI=1S/C29H40N2O2/c1-21(32-3)12-13-25-16-27-28-29(22(25)2,14-15-31(27)19-24-10-7-11-24)17-26(20-33-28)30-18-23-8-5-4-6-9-23/h4-6,8-9,12-13,24,26-28,30H,1,7,10-11,14-20H2,2-3H3. The SMILES string of the molecule is C=C(C=CC1=C(C)C23CCN(CC4CCC4)C(C1)C2OCC(NCc1ccccc1)C3)OC. The Labute approximate surface area is 199 Å². The first-order chi connectivity index (χ1) is 16.1. The number of allylic oxidation sites excluding steroid dienone is 2. The van der Waals surface area contributed by atoms with Gasteiger partial charge in [-0.25, -0.2) is 0 Å². The molecule has 1 N–H and O–H groups in total. The summed E-state index contributed by atoms with van der Waals surface area (Å²) in [5.74, 6) is 1.61. The number of benzene rings is 1. The van der Waals surface area contributed by atoms with Crippen LogP contribution in [-0.4, -0.2) is 49.9 Å². The fourth-order valence-electron chi connectivity index (χ4n) is 6.58. The van der Waals surface area contributed by atoms with E-state index in [-0.39, 0.29) is 5.41 Å². The summed E-state index contributed by atoms with van der Waals surface area (Å²) in [5.41, 5.74) is 4.45. The summed E-state index contributed by atoms with van der Waals surface area (Å²) in [6, 6.07) is 11.6. The minimum Gasteiger partial charge on any atom is -0.497 e. The molecule has 178 valence electrons. The molecule has 2 aliphatic carbocycles. The Morgan fingerprint density at radius 2 is 2.12 bits per heavy atom. The van der Waals surface area contributed by atoms with Gasteiger partial charge in [-0.3, -0.25) is 4.90 Å². The molecule has 1 aromatic carbocycles. The molecule has 33 heavy (non-hydrogen) atoms. The summed E-state index contributed by atoms with van der Waals surface area (Å²) < 4.78 is 12.1. The van der Waals surface area contributed by atoms with Gasteiger partial charge in [0.1, 0.15) is 5.76 Å². The van der Waals surface area contributed by atoms with Crippen LogP contribution in [0.2, 0.25) is 0 Å². The largest absolute Gasteiger partial charge is 0.497 e. The Hall–Kier alpha value is -1.88. The molecular weight excluding hydrogens is 408 g/mol. The second-order valence-corrected chi connectivity index (χ2v) is 10.6. The maximum atomic E-state index is 6.77. The molecule has 4 unspecified atom stereocenters. The van der Waals surface area contributed by atoms with E-state index in [0.29, 0.717) is 23.9 Å². The summed E-state index contributed by atoms with van der Waals surface area (Å²) in [7, 11) is 1.69. The van der Waals surface area contributed by atoms with E-state index in [1.165, 1.54) is 55.5 Å². The minimum atomic E-state index is 0.125. The molecule has 4 atom stereocenters. The van der Waals surface area contributed by atoms with Gasteiger partial charge in [-0.2, -0.15) is 0 Å². The smallest absolute Gasteiger partial charge is 0.111 e. The van der Waals surface area contributed by atoms with Gasteiger partial charge >= 0.3 is 0 Å². The molecular formula is C29H40N2O2. The van der Waals surface area contributed by atoms with Gasteiger partial charge in [0.05, 0.1) is 19.8 Å². The normalized spacial score (nSPS) is 32.5. The van der Waals surface area contributed by atoms with E-state index < -0.39 is 0 Å². The van der Waals surface area contributed by atoms with Crippen molar-refractivity contribution in [2.75, 3.05) is 26.8 Å². The zero-order valence-electron chi connectivity index (χ0n) is 20.4. The lowest BCUT2D eigenvalue weighted by Crippen LogP contribution is -2.66. The van der Waals surface area contributed by atoms with E-state index in [1.54, 1.807) is 7.11 Å². The first-order valence-corrected chi connectivity index (χ1v) is 12.8. The molecule has 1 aromatic rings. The van der Waals surface area contributed by atoms with E-state index in [9.17, 15) is 0 Å². The highest BCUT2D eigenvalue weighted by molar-refractivity contribution is 5.39. The molecule has 2 heterocycles. The van der Waals surface area contributed by atoms with Crippen molar-refractivity contribution in [1.29, 1.82) is 0 Å². The van der Waals surface area contributed by atoms with Crippen molar-refractivity contribution in [1.82, 2.24) is 10.2 Å². The number of ether oxygens (including phenoxy) is 2. The Morgan fingerprint density at radius 3 is 2.85 bits per heavy atom. The summed E-state index contributed by atoms with van der Waals surface area (Å²) in [5, 5.41) is 3.81. The third-order valence-corrected chi connectivity index (χ3v) is 8.84. The van der Waals surface area contributed by atoms with Crippen molar-refractivity contribution in [2.45, 2.75) is 70.2 Å². The lowest BCUT2D eigenvalue weighted by Gasteiger charge is -2.60. The average Bonchev–Trinajstić information content (AvgIpc) is 2.82. The highest BCUT2D eigenvalue weighted by Crippen LogP contribution is 2.54. The Morgan fingerprint density at radius 1 is 1.30 bits per heavy atom. The Kier molecular flexibility index (Phi) is 6.78. The second-order valence-electron chi connectivity index (χ2n) is 10.6. The lowest BCUT2D eigenvalue weighted by atomic mass is 9.58. The van der Waals surface area contributed by atoms with Crippen LogP contribution in [0.5, 0.6) is 0 Å². The van der Waals surface area contributed by atoms with Crippen LogP contribution in [0.15, 0.2) is 66.0 Å². The molecule has 2 bridgehead atoms. The van der Waals surface area contributed by atoms with E-state index >= 15 is 0 Å². The van der Waals surface area contributed by atoms with E-state index in [2.05, 4.69) is 60.1 Å². The zero-order chi connectivity index (χ0) is 22.8. The van der Waals surface area contributed by atoms with Gasteiger partial charge in [-0.1, -0.05) is 55.0 Å². The van der Waals surface area contributed by atoms with Crippen LogP contribution in [0.25, 0.3) is 0 Å². The van der Waals surface area contributed by atoms with Gasteiger partial charge in [0, 0.05) is 30.6 Å². The summed E-state index contributed by atoms with van der Waals surface area (Å²) in [4.78, 5) is 2.77. The lowest BCUT2D eigenvalue weighted by molar-refractivity contribution is -0.158. The first-order valence-electron chi connectivity index (χ1n) is 12.8. The minimum absolute atomic E-state index is 0.125. The average molecular weight is 449 g/mol. The van der Waals surface area contributed by atoms with Crippen molar-refractivity contribution in [3.05, 3.63) is 71.5 Å². The number of hydrogen-bond donors (Lipinski definition) is 1. The van der Waals surface area contributed by atoms with Crippen LogP contribution in [0.1, 0.15) is 51.0 Å². The molecule has 4 nitrogen and oxygen atoms in total. The van der Waals surface area contributed by atoms with E-state index in [1.807, 2.05) is 6.08 Å². The van der Waals surface area contributed by atoms with Crippen LogP contribution in [0.3, 0.4) is 0 Å². The molecule has 0 aromatic heterocycles. The molecule has 4 heteroatoms. The highest BCUT2D eigenvalue weighted by atomic mass is 16.5. The van der Waals surface area contributed by atoms with Crippen LogP contribution in [0.4, 0.5) is 0 Å². The summed E-state index contributed by atoms with van der Waals surface area (Å²) in [6.07, 6.45) is 12.3. The molecule has 3 fully saturated rings. The van der Waals surface area contributed by atoms with Gasteiger partial charge in [0.25, 0.3) is 0 Å². The number of rotatable bonds is 8. The fourth-order valence-corrected chi connectivity index (χ4v) is 6.58. The maximum absolute atomic E-state index is 6.77. The van der Waals surface area contributed by atoms with Crippen molar-refractivity contribution in [3.63, 3.8) is 0 Å². The van der Waals surface area contributed by atoms with Crippen LogP contribution >= 0.6 is 0 Å². The number of likely N-dealkylation sites (tertiary alicyclic amines) is 1. The molecule has 4 aliphatic rings. The van der Waals surface area contributed by atoms with Gasteiger partial charge in [0.15, 0.2) is 0 Å². The molecule has 1 saturated carbocycles. The summed E-state index contributed by atoms with van der Waals surface area (Å²) >= 11 is 0. The quantitative estimate of drug-likeness (QED) is 0.436. The topological polar surface area (TPSA) is 33.7 Å². The predicted octanol–water partition coefficient (Wildman–Crippen LogP) is 5.23. The second kappa shape index (κ2) is 9.77. The van der Waals surface area contributed by atoms with E-state index in [0.717, 1.165) is 31.9 Å². The Balaban J connectivity index is 1.38. The molecule has 2 aliphatic heterocycles. The molecule has 0 amide bonds. The van der Waals surface area contributed by atoms with E-state index in [4.69, 9.17) is 9.47 Å². The molecule has 5 rings (SSSR count). The molecule has 0 spiro atoms. The number of piperidine rings is 1. The van der Waals surface area contributed by atoms with Crippen molar-refractivity contribution < 1.29 is 9.47 Å². The first kappa shape index (κ1) is 22.9. The number of methoxy groups -OCH3 is 1. The summed E-state index contributed by atoms with van der Waals surface area (Å²) in [6.45, 7) is 10.5. The van der Waals surface area contributed by atoms with Gasteiger partial charge in [-0.15, -0.1) is 0 Å². The van der Waals surface area contributed by atoms with Gasteiger partial charge in [0.2, 0.25) is 0 Å². The zero-order valence-corrected chi connectivity index (χ0v) is 20.4. The third kappa shape index (κ3) is 4.58. The van der Waals surface area contributed by atoms with Crippen LogP contribution in [0, 0.1) is 11.3 Å². The Bertz CT molecular complexity index is 903. The molecule has 2 saturated heterocycles. The number of hydrogen-bond acceptors (Lipinski definition) is 4. The fraction of sp³-hybridized carbons (Fsp3) is 0.586. The predicted molar refractivity (Wildman–Crippen MR) is 134 cm³/mol.